The molecule has 0 bridgehead atoms. The lowest BCUT2D eigenvalue weighted by atomic mass is 9.92. The Morgan fingerprint density at radius 3 is 2.19 bits per heavy atom. The van der Waals surface area contributed by atoms with Crippen LogP contribution in [0, 0.1) is 0 Å². The standard InChI is InChI=1S/C23H28F3N3O3/c1-16(17-5-9-19(31-2)10-6-17)21(15-29-13-3-4-14-29)28-22(30)27-18-7-11-20(12-8-18)32-23(24,25)26/h5-12,16,21H,3-4,13-15H2,1-2H3,(H2,27,28,30)/t16-,21-/m1/s1. The molecule has 0 spiro atoms. The molecule has 2 aromatic rings. The average molecular weight is 451 g/mol. The highest BCUT2D eigenvalue weighted by atomic mass is 19.4. The lowest BCUT2D eigenvalue weighted by Crippen LogP contribution is -2.47. The van der Waals surface area contributed by atoms with Crippen molar-refractivity contribution in [2.75, 3.05) is 32.1 Å². The van der Waals surface area contributed by atoms with Gasteiger partial charge in [-0.25, -0.2) is 4.79 Å². The third-order valence-corrected chi connectivity index (χ3v) is 5.56. The number of hydrogen-bond donors (Lipinski definition) is 2. The number of alkyl halides is 3. The molecule has 0 unspecified atom stereocenters. The van der Waals surface area contributed by atoms with Crippen LogP contribution < -0.4 is 20.1 Å². The van der Waals surface area contributed by atoms with Crippen molar-refractivity contribution in [3.63, 3.8) is 0 Å². The minimum atomic E-state index is -4.76. The molecule has 0 saturated carbocycles. The quantitative estimate of drug-likeness (QED) is 0.594. The van der Waals surface area contributed by atoms with Gasteiger partial charge in [0.25, 0.3) is 0 Å². The summed E-state index contributed by atoms with van der Waals surface area (Å²) in [4.78, 5) is 15.0. The van der Waals surface area contributed by atoms with Crippen LogP contribution in [0.1, 0.15) is 31.2 Å². The average Bonchev–Trinajstić information content (AvgIpc) is 3.26. The van der Waals surface area contributed by atoms with Gasteiger partial charge < -0.3 is 25.0 Å². The molecule has 1 fully saturated rings. The molecule has 0 aromatic heterocycles. The number of amides is 2. The molecule has 9 heteroatoms. The van der Waals surface area contributed by atoms with E-state index in [4.69, 9.17) is 4.74 Å². The number of anilines is 1. The fourth-order valence-electron chi connectivity index (χ4n) is 3.79. The van der Waals surface area contributed by atoms with Crippen LogP contribution in [0.5, 0.6) is 11.5 Å². The molecule has 3 rings (SSSR count). The third-order valence-electron chi connectivity index (χ3n) is 5.56. The molecule has 2 N–H and O–H groups in total. The first-order valence-corrected chi connectivity index (χ1v) is 10.5. The van der Waals surface area contributed by atoms with Gasteiger partial charge in [-0.1, -0.05) is 19.1 Å². The van der Waals surface area contributed by atoms with E-state index < -0.39 is 12.4 Å². The van der Waals surface area contributed by atoms with Crippen molar-refractivity contribution in [3.05, 3.63) is 54.1 Å². The number of rotatable bonds is 8. The minimum absolute atomic E-state index is 0.0369. The van der Waals surface area contributed by atoms with Crippen LogP contribution in [0.15, 0.2) is 48.5 Å². The van der Waals surface area contributed by atoms with Crippen LogP contribution >= 0.6 is 0 Å². The highest BCUT2D eigenvalue weighted by Crippen LogP contribution is 2.25. The highest BCUT2D eigenvalue weighted by molar-refractivity contribution is 5.89. The molecule has 2 aromatic carbocycles. The Labute approximate surface area is 185 Å². The molecule has 0 radical (unpaired) electrons. The third kappa shape index (κ3) is 7.05. The fourth-order valence-corrected chi connectivity index (χ4v) is 3.79. The maximum Gasteiger partial charge on any atom is 0.573 e. The lowest BCUT2D eigenvalue weighted by Gasteiger charge is -2.30. The largest absolute Gasteiger partial charge is 0.573 e. The first-order valence-electron chi connectivity index (χ1n) is 10.5. The molecule has 1 heterocycles. The smallest absolute Gasteiger partial charge is 0.497 e. The van der Waals surface area contributed by atoms with E-state index in [0.29, 0.717) is 12.2 Å². The molecule has 1 aliphatic heterocycles. The minimum Gasteiger partial charge on any atom is -0.497 e. The topological polar surface area (TPSA) is 62.8 Å². The molecule has 32 heavy (non-hydrogen) atoms. The maximum atomic E-state index is 12.7. The molecule has 6 nitrogen and oxygen atoms in total. The van der Waals surface area contributed by atoms with Crippen molar-refractivity contribution in [2.45, 2.75) is 38.1 Å². The van der Waals surface area contributed by atoms with E-state index in [9.17, 15) is 18.0 Å². The van der Waals surface area contributed by atoms with E-state index in [0.717, 1.165) is 49.4 Å². The maximum absolute atomic E-state index is 12.7. The molecular formula is C23H28F3N3O3. The summed E-state index contributed by atoms with van der Waals surface area (Å²) in [6.45, 7) is 4.76. The second-order valence-electron chi connectivity index (χ2n) is 7.85. The summed E-state index contributed by atoms with van der Waals surface area (Å²) in [5.74, 6) is 0.457. The van der Waals surface area contributed by atoms with Crippen LogP contribution in [0.25, 0.3) is 0 Å². The summed E-state index contributed by atoms with van der Waals surface area (Å²) >= 11 is 0. The number of nitrogens with one attached hydrogen (secondary N) is 2. The van der Waals surface area contributed by atoms with Crippen LogP contribution in [0.2, 0.25) is 0 Å². The number of benzene rings is 2. The number of halogens is 3. The van der Waals surface area contributed by atoms with Gasteiger partial charge in [-0.2, -0.15) is 0 Å². The lowest BCUT2D eigenvalue weighted by molar-refractivity contribution is -0.274. The summed E-state index contributed by atoms with van der Waals surface area (Å²) in [6, 6.07) is 12.2. The summed E-state index contributed by atoms with van der Waals surface area (Å²) < 4.78 is 46.0. The SMILES string of the molecule is COc1ccc([C@@H](C)[C@@H](CN2CCCC2)NC(=O)Nc2ccc(OC(F)(F)F)cc2)cc1. The van der Waals surface area contributed by atoms with Crippen molar-refractivity contribution in [2.24, 2.45) is 0 Å². The Hall–Kier alpha value is -2.94. The van der Waals surface area contributed by atoms with Crippen LogP contribution in [0.4, 0.5) is 23.7 Å². The first kappa shape index (κ1) is 23.7. The van der Waals surface area contributed by atoms with Gasteiger partial charge in [-0.05, 0) is 67.9 Å². The van der Waals surface area contributed by atoms with Crippen LogP contribution in [-0.4, -0.2) is 50.1 Å². The van der Waals surface area contributed by atoms with Gasteiger partial charge in [-0.15, -0.1) is 13.2 Å². The Morgan fingerprint density at radius 2 is 1.62 bits per heavy atom. The predicted octanol–water partition coefficient (Wildman–Crippen LogP) is 4.98. The Kier molecular flexibility index (Phi) is 7.84. The fraction of sp³-hybridized carbons (Fsp3) is 0.435. The zero-order valence-corrected chi connectivity index (χ0v) is 18.1. The predicted molar refractivity (Wildman–Crippen MR) is 116 cm³/mol. The molecule has 2 atom stereocenters. The summed E-state index contributed by atoms with van der Waals surface area (Å²) in [5, 5.41) is 5.72. The Morgan fingerprint density at radius 1 is 1.03 bits per heavy atom. The van der Waals surface area contributed by atoms with Gasteiger partial charge in [0.1, 0.15) is 11.5 Å². The molecule has 0 aliphatic carbocycles. The summed E-state index contributed by atoms with van der Waals surface area (Å²) in [7, 11) is 1.61. The highest BCUT2D eigenvalue weighted by Gasteiger charge is 2.31. The normalized spacial score (nSPS) is 16.3. The number of likely N-dealkylation sites (tertiary alicyclic amines) is 1. The molecule has 1 saturated heterocycles. The molecular weight excluding hydrogens is 423 g/mol. The second kappa shape index (κ2) is 10.6. The van der Waals surface area contributed by atoms with Crippen LogP contribution in [-0.2, 0) is 0 Å². The number of nitrogens with zero attached hydrogens (tertiary/aromatic N) is 1. The van der Waals surface area contributed by atoms with Crippen molar-refractivity contribution >= 4 is 11.7 Å². The van der Waals surface area contributed by atoms with Gasteiger partial charge in [0.2, 0.25) is 0 Å². The van der Waals surface area contributed by atoms with Gasteiger partial charge >= 0.3 is 12.4 Å². The Balaban J connectivity index is 1.65. The van der Waals surface area contributed by atoms with Gasteiger partial charge in [0.05, 0.1) is 7.11 Å². The van der Waals surface area contributed by atoms with Gasteiger partial charge in [0.15, 0.2) is 0 Å². The van der Waals surface area contributed by atoms with E-state index >= 15 is 0 Å². The summed E-state index contributed by atoms with van der Waals surface area (Å²) in [5.41, 5.74) is 1.44. The van der Waals surface area contributed by atoms with E-state index in [-0.39, 0.29) is 17.7 Å². The van der Waals surface area contributed by atoms with Gasteiger partial charge in [-0.3, -0.25) is 0 Å². The van der Waals surface area contributed by atoms with Crippen molar-refractivity contribution in [3.8, 4) is 11.5 Å². The van der Waals surface area contributed by atoms with Crippen LogP contribution in [0.3, 0.4) is 0 Å². The van der Waals surface area contributed by atoms with E-state index in [1.165, 1.54) is 12.1 Å². The van der Waals surface area contributed by atoms with Crippen molar-refractivity contribution < 1.29 is 27.4 Å². The number of urea groups is 1. The zero-order chi connectivity index (χ0) is 23.1. The Bertz CT molecular complexity index is 867. The zero-order valence-electron chi connectivity index (χ0n) is 18.1. The molecule has 1 aliphatic rings. The molecule has 2 amide bonds. The number of methoxy groups -OCH3 is 1. The van der Waals surface area contributed by atoms with E-state index in [1.807, 2.05) is 24.3 Å². The van der Waals surface area contributed by atoms with Crippen molar-refractivity contribution in [1.29, 1.82) is 0 Å². The van der Waals surface area contributed by atoms with Crippen molar-refractivity contribution in [1.82, 2.24) is 10.2 Å². The van der Waals surface area contributed by atoms with Gasteiger partial charge in [0, 0.05) is 24.2 Å². The van der Waals surface area contributed by atoms with E-state index in [2.05, 4.69) is 27.2 Å². The second-order valence-corrected chi connectivity index (χ2v) is 7.85. The number of hydrogen-bond acceptors (Lipinski definition) is 4. The number of ether oxygens (including phenoxy) is 2. The number of carbonyl (C=O) groups is 1. The first-order chi connectivity index (χ1) is 15.2. The monoisotopic (exact) mass is 451 g/mol. The number of carbonyl (C=O) groups excluding carboxylic acids is 1. The summed E-state index contributed by atoms with van der Waals surface area (Å²) in [6.07, 6.45) is -2.48. The molecule has 174 valence electrons. The van der Waals surface area contributed by atoms with E-state index in [1.54, 1.807) is 7.11 Å².